The zero-order valence-electron chi connectivity index (χ0n) is 18.1. The van der Waals surface area contributed by atoms with Gasteiger partial charge in [-0.25, -0.2) is 0 Å². The van der Waals surface area contributed by atoms with Crippen LogP contribution >= 0.6 is 8.58 Å². The van der Waals surface area contributed by atoms with Gasteiger partial charge in [0.15, 0.2) is 11.5 Å². The maximum absolute atomic E-state index is 13.0. The molecule has 3 heterocycles. The van der Waals surface area contributed by atoms with E-state index in [-0.39, 0.29) is 11.7 Å². The lowest BCUT2D eigenvalue weighted by atomic mass is 10.0. The number of piperidine rings is 1. The molecule has 3 aliphatic rings. The van der Waals surface area contributed by atoms with Crippen LogP contribution in [0.4, 0.5) is 0 Å². The summed E-state index contributed by atoms with van der Waals surface area (Å²) in [6, 6.07) is 6.48. The van der Waals surface area contributed by atoms with Crippen molar-refractivity contribution in [1.82, 2.24) is 14.7 Å². The van der Waals surface area contributed by atoms with Gasteiger partial charge in [-0.05, 0) is 56.0 Å². The molecular formula is C23H30N3O3P. The molecule has 0 aromatic heterocycles. The normalized spacial score (nSPS) is 22.8. The van der Waals surface area contributed by atoms with E-state index < -0.39 is 0 Å². The van der Waals surface area contributed by atoms with E-state index in [1.807, 2.05) is 29.3 Å². The summed E-state index contributed by atoms with van der Waals surface area (Å²) in [6.07, 6.45) is 10.5. The molecule has 1 amide bonds. The predicted molar refractivity (Wildman–Crippen MR) is 122 cm³/mol. The SMILES string of the molecule is COc1ccc(C2=CC(=O)N3C=C(N4CCC(N(C)C)CC4)C=CC3P2)cc1OC. The number of methoxy groups -OCH3 is 2. The summed E-state index contributed by atoms with van der Waals surface area (Å²) in [4.78, 5) is 19.6. The highest BCUT2D eigenvalue weighted by Gasteiger charge is 2.30. The van der Waals surface area contributed by atoms with Crippen molar-refractivity contribution in [2.24, 2.45) is 0 Å². The molecule has 0 bridgehead atoms. The molecule has 2 atom stereocenters. The van der Waals surface area contributed by atoms with Crippen LogP contribution in [-0.2, 0) is 4.79 Å². The molecule has 0 spiro atoms. The highest BCUT2D eigenvalue weighted by Crippen LogP contribution is 2.46. The van der Waals surface area contributed by atoms with Crippen molar-refractivity contribution in [1.29, 1.82) is 0 Å². The number of allylic oxidation sites excluding steroid dienone is 1. The monoisotopic (exact) mass is 427 g/mol. The highest BCUT2D eigenvalue weighted by molar-refractivity contribution is 7.51. The third-order valence-electron chi connectivity index (χ3n) is 6.10. The Hall–Kier alpha value is -2.30. The van der Waals surface area contributed by atoms with Gasteiger partial charge in [-0.15, -0.1) is 0 Å². The van der Waals surface area contributed by atoms with Crippen LogP contribution in [0, 0.1) is 0 Å². The molecule has 3 aliphatic heterocycles. The van der Waals surface area contributed by atoms with Crippen molar-refractivity contribution >= 4 is 19.8 Å². The van der Waals surface area contributed by atoms with Crippen molar-refractivity contribution in [3.05, 3.63) is 53.9 Å². The third kappa shape index (κ3) is 4.12. The summed E-state index contributed by atoms with van der Waals surface area (Å²) in [6.45, 7) is 2.06. The first-order valence-corrected chi connectivity index (χ1v) is 11.4. The zero-order chi connectivity index (χ0) is 21.3. The maximum Gasteiger partial charge on any atom is 0.252 e. The van der Waals surface area contributed by atoms with E-state index in [0.29, 0.717) is 26.1 Å². The Morgan fingerprint density at radius 2 is 1.83 bits per heavy atom. The summed E-state index contributed by atoms with van der Waals surface area (Å²) < 4.78 is 10.8. The second-order valence-electron chi connectivity index (χ2n) is 8.06. The topological polar surface area (TPSA) is 45.2 Å². The molecular weight excluding hydrogens is 397 g/mol. The Bertz CT molecular complexity index is 901. The number of carbonyl (C=O) groups excluding carboxylic acids is 1. The standard InChI is InChI=1S/C23H30N3O3P/c1-24(2)17-9-11-25(12-10-17)18-6-8-23-26(15-18)22(27)14-21(30-23)16-5-7-19(28-3)20(13-16)29-4/h5-8,13-15,17,23,30H,9-12H2,1-4H3. The van der Waals surface area contributed by atoms with Crippen LogP contribution in [0.1, 0.15) is 18.4 Å². The largest absolute Gasteiger partial charge is 0.493 e. The molecule has 1 saturated heterocycles. The number of amides is 1. The Morgan fingerprint density at radius 1 is 1.10 bits per heavy atom. The van der Waals surface area contributed by atoms with Crippen LogP contribution in [0.2, 0.25) is 0 Å². The Balaban J connectivity index is 1.50. The van der Waals surface area contributed by atoms with E-state index in [1.165, 1.54) is 0 Å². The Morgan fingerprint density at radius 3 is 2.50 bits per heavy atom. The van der Waals surface area contributed by atoms with Crippen LogP contribution in [0.5, 0.6) is 11.5 Å². The molecule has 0 aliphatic carbocycles. The second-order valence-corrected chi connectivity index (χ2v) is 9.48. The van der Waals surface area contributed by atoms with Crippen LogP contribution in [0.15, 0.2) is 48.3 Å². The van der Waals surface area contributed by atoms with E-state index in [4.69, 9.17) is 9.47 Å². The van der Waals surface area contributed by atoms with Crippen LogP contribution in [0.3, 0.4) is 0 Å². The fraction of sp³-hybridized carbons (Fsp3) is 0.435. The van der Waals surface area contributed by atoms with E-state index in [1.54, 1.807) is 20.3 Å². The number of likely N-dealkylation sites (tertiary alicyclic amines) is 1. The van der Waals surface area contributed by atoms with Crippen LogP contribution in [-0.4, -0.2) is 73.8 Å². The van der Waals surface area contributed by atoms with Gasteiger partial charge in [0.1, 0.15) is 0 Å². The number of ether oxygens (including phenoxy) is 2. The predicted octanol–water partition coefficient (Wildman–Crippen LogP) is 3.33. The van der Waals surface area contributed by atoms with Gasteiger partial charge < -0.3 is 24.2 Å². The first kappa shape index (κ1) is 21.0. The number of rotatable bonds is 5. The van der Waals surface area contributed by atoms with E-state index in [0.717, 1.165) is 42.5 Å². The van der Waals surface area contributed by atoms with Gasteiger partial charge in [0, 0.05) is 31.4 Å². The molecule has 2 unspecified atom stereocenters. The Labute approximate surface area is 180 Å². The molecule has 1 aromatic rings. The summed E-state index contributed by atoms with van der Waals surface area (Å²) in [5.41, 5.74) is 2.15. The van der Waals surface area contributed by atoms with Gasteiger partial charge in [-0.2, -0.15) is 0 Å². The van der Waals surface area contributed by atoms with Gasteiger partial charge in [-0.3, -0.25) is 4.79 Å². The minimum absolute atomic E-state index is 0.0357. The zero-order valence-corrected chi connectivity index (χ0v) is 19.1. The lowest BCUT2D eigenvalue weighted by molar-refractivity contribution is -0.123. The molecule has 7 heteroatoms. The maximum atomic E-state index is 13.0. The average molecular weight is 427 g/mol. The van der Waals surface area contributed by atoms with Gasteiger partial charge in [0.25, 0.3) is 5.91 Å². The van der Waals surface area contributed by atoms with Crippen molar-refractivity contribution < 1.29 is 14.3 Å². The summed E-state index contributed by atoms with van der Waals surface area (Å²) in [7, 11) is 8.05. The second kappa shape index (κ2) is 8.83. The highest BCUT2D eigenvalue weighted by atomic mass is 31.1. The minimum atomic E-state index is 0.0357. The number of nitrogens with zero attached hydrogens (tertiary/aromatic N) is 3. The molecule has 160 valence electrons. The van der Waals surface area contributed by atoms with Gasteiger partial charge >= 0.3 is 0 Å². The van der Waals surface area contributed by atoms with Crippen LogP contribution < -0.4 is 9.47 Å². The van der Waals surface area contributed by atoms with Gasteiger partial charge in [-0.1, -0.05) is 20.7 Å². The molecule has 4 rings (SSSR count). The fourth-order valence-corrected chi connectivity index (χ4v) is 5.64. The Kier molecular flexibility index (Phi) is 6.16. The van der Waals surface area contributed by atoms with Gasteiger partial charge in [0.05, 0.1) is 25.7 Å². The first-order chi connectivity index (χ1) is 14.5. The van der Waals surface area contributed by atoms with Crippen LogP contribution in [0.25, 0.3) is 5.31 Å². The van der Waals surface area contributed by atoms with E-state index in [2.05, 4.69) is 36.0 Å². The molecule has 1 fully saturated rings. The number of fused-ring (bicyclic) bond motifs is 1. The van der Waals surface area contributed by atoms with Crippen molar-refractivity contribution in [3.8, 4) is 11.5 Å². The van der Waals surface area contributed by atoms with Gasteiger partial charge in [0.2, 0.25) is 0 Å². The quantitative estimate of drug-likeness (QED) is 0.675. The number of hydrogen-bond acceptors (Lipinski definition) is 5. The fourth-order valence-electron chi connectivity index (χ4n) is 4.26. The summed E-state index contributed by atoms with van der Waals surface area (Å²) in [5.74, 6) is 1.48. The first-order valence-electron chi connectivity index (χ1n) is 10.3. The molecule has 0 radical (unpaired) electrons. The van der Waals surface area contributed by atoms with Crippen molar-refractivity contribution in [2.75, 3.05) is 41.4 Å². The summed E-state index contributed by atoms with van der Waals surface area (Å²) in [5, 5.41) is 1.05. The molecule has 0 N–H and O–H groups in total. The number of benzene rings is 1. The van der Waals surface area contributed by atoms with E-state index >= 15 is 0 Å². The molecule has 0 saturated carbocycles. The molecule has 1 aromatic carbocycles. The third-order valence-corrected chi connectivity index (χ3v) is 7.61. The average Bonchev–Trinajstić information content (AvgIpc) is 2.78. The van der Waals surface area contributed by atoms with E-state index in [9.17, 15) is 4.79 Å². The lowest BCUT2D eigenvalue weighted by Gasteiger charge is -2.40. The number of carbonyl (C=O) groups is 1. The number of hydrogen-bond donors (Lipinski definition) is 0. The summed E-state index contributed by atoms with van der Waals surface area (Å²) >= 11 is 0. The lowest BCUT2D eigenvalue weighted by Crippen LogP contribution is -2.43. The molecule has 6 nitrogen and oxygen atoms in total. The smallest absolute Gasteiger partial charge is 0.252 e. The molecule has 30 heavy (non-hydrogen) atoms. The van der Waals surface area contributed by atoms with Crippen molar-refractivity contribution in [3.63, 3.8) is 0 Å². The minimum Gasteiger partial charge on any atom is -0.493 e. The van der Waals surface area contributed by atoms with Crippen molar-refractivity contribution in [2.45, 2.75) is 24.7 Å².